The van der Waals surface area contributed by atoms with Crippen LogP contribution in [0, 0.1) is 11.8 Å². The second-order valence-electron chi connectivity index (χ2n) is 25.2. The number of nitrogens with two attached hydrogens (primary N) is 3. The molecule has 2 aromatic carbocycles. The summed E-state index contributed by atoms with van der Waals surface area (Å²) in [5.41, 5.74) is 17.5. The fourth-order valence-corrected chi connectivity index (χ4v) is 10.5. The maximum absolute atomic E-state index is 14.2. The van der Waals surface area contributed by atoms with Crippen molar-refractivity contribution >= 4 is 101 Å². The van der Waals surface area contributed by atoms with Crippen LogP contribution in [0.4, 0.5) is 0 Å². The Labute approximate surface area is 589 Å². The zero-order chi connectivity index (χ0) is 76.7. The number of carbonyl (C=O) groups is 16. The number of rotatable bonds is 42. The van der Waals surface area contributed by atoms with Crippen LogP contribution in [-0.2, 0) is 89.6 Å². The van der Waals surface area contributed by atoms with Crippen LogP contribution >= 0.6 is 0 Å². The van der Waals surface area contributed by atoms with Crippen LogP contribution in [0.2, 0.25) is 0 Å². The fourth-order valence-electron chi connectivity index (χ4n) is 10.5. The predicted molar refractivity (Wildman–Crippen MR) is 366 cm³/mol. The fraction of sp³-hybridized carbons (Fsp3) is 0.561. The van der Waals surface area contributed by atoms with Gasteiger partial charge < -0.3 is 101 Å². The molecule has 102 heavy (non-hydrogen) atoms. The lowest BCUT2D eigenvalue weighted by Crippen LogP contribution is -2.61. The molecule has 14 amide bonds. The maximum atomic E-state index is 14.2. The molecule has 36 heteroatoms. The summed E-state index contributed by atoms with van der Waals surface area (Å²) in [4.78, 5) is 219. The van der Waals surface area contributed by atoms with E-state index in [0.717, 1.165) is 5.56 Å². The lowest BCUT2D eigenvalue weighted by Gasteiger charge is -2.29. The summed E-state index contributed by atoms with van der Waals surface area (Å²) in [6.07, 6.45) is -1.81. The summed E-state index contributed by atoms with van der Waals surface area (Å²) in [6.45, 7) is 11.9. The van der Waals surface area contributed by atoms with Gasteiger partial charge in [0.2, 0.25) is 82.7 Å². The zero-order valence-electron chi connectivity index (χ0n) is 58.6. The Morgan fingerprint density at radius 3 is 1.43 bits per heavy atom. The number of carboxylic acid groups (broad SMARTS) is 2. The predicted octanol–water partition coefficient (Wildman–Crippen LogP) is -5.05. The van der Waals surface area contributed by atoms with Crippen molar-refractivity contribution < 1.29 is 92.0 Å². The number of hydrogen-bond donors (Lipinski definition) is 18. The molecule has 1 heterocycles. The number of benzene rings is 2. The molecule has 0 aliphatic carbocycles. The second kappa shape index (κ2) is 42.3. The third kappa shape index (κ3) is 28.8. The summed E-state index contributed by atoms with van der Waals surface area (Å²) < 4.78 is 0. The van der Waals surface area contributed by atoms with Gasteiger partial charge in [0.15, 0.2) is 5.96 Å². The summed E-state index contributed by atoms with van der Waals surface area (Å²) in [7, 11) is 0. The molecular formula is C66H99N17O19. The van der Waals surface area contributed by atoms with Crippen molar-refractivity contribution in [1.82, 2.24) is 68.7 Å². The first-order valence-electron chi connectivity index (χ1n) is 33.4. The van der Waals surface area contributed by atoms with E-state index in [1.54, 1.807) is 88.4 Å². The number of aliphatic imine (C=N–C) groups is 1. The van der Waals surface area contributed by atoms with Gasteiger partial charge in [-0.2, -0.15) is 0 Å². The first kappa shape index (κ1) is 85.4. The number of aliphatic carboxylic acids is 2. The standard InChI is InChI=1S/C66H99N17O19/c1-10-34(4)52(64(101)77-42(23-17-27-70-66(68)69)58(95)72-38(8)57(94)81-51(33(2)3)53(67)90)82-62(99)47(32-84)80-56(93)36(6)71-54(91)35(5)73-60(97)44(29-40-19-13-11-14-20-40)79-59(96)43(25-26-49(86)87)76-61(98)45(31-50(88)89)78-55(92)37(7)74-63(100)48-24-18-28-83(48)65(102)46(75-39(9)85)30-41-21-15-12-16-22-41/h11-16,19-22,33-38,42-48,51-52,84H,10,17-18,23-32H2,1-9H3,(H2,67,90)(H,71,91)(H,72,95)(H,73,97)(H,74,100)(H,75,85)(H,76,98)(H,77,101)(H,78,92)(H,79,96)(H,80,93)(H,81,94)(H,82,99)(H,86,87)(H,88,89)(H4,68,69,70)/t34-,35-,36-,37-,38-,42-,43-,44-,45-,46-,47-,48-,51-,52-/m0/s1. The number of primary amides is 1. The van der Waals surface area contributed by atoms with Crippen LogP contribution in [0.15, 0.2) is 65.7 Å². The molecule has 0 saturated carbocycles. The van der Waals surface area contributed by atoms with Gasteiger partial charge in [-0.25, -0.2) is 0 Å². The number of guanidine groups is 1. The van der Waals surface area contributed by atoms with Gasteiger partial charge in [-0.05, 0) is 82.8 Å². The van der Waals surface area contributed by atoms with Gasteiger partial charge in [-0.3, -0.25) is 81.7 Å². The molecule has 0 radical (unpaired) electrons. The smallest absolute Gasteiger partial charge is 0.305 e. The summed E-state index contributed by atoms with van der Waals surface area (Å²) in [5.74, 6) is -17.2. The topological polar surface area (TPSA) is 572 Å². The molecule has 0 unspecified atom stereocenters. The molecule has 2 aromatic rings. The molecule has 14 atom stereocenters. The average Bonchev–Trinajstić information content (AvgIpc) is 1.63. The van der Waals surface area contributed by atoms with Gasteiger partial charge in [-0.1, -0.05) is 94.8 Å². The molecule has 3 rings (SSSR count). The number of nitrogens with zero attached hydrogens (tertiary/aromatic N) is 2. The largest absolute Gasteiger partial charge is 0.481 e. The Morgan fingerprint density at radius 2 is 0.931 bits per heavy atom. The minimum absolute atomic E-state index is 0.0277. The maximum Gasteiger partial charge on any atom is 0.305 e. The molecule has 0 aromatic heterocycles. The Morgan fingerprint density at radius 1 is 0.500 bits per heavy atom. The van der Waals surface area contributed by atoms with Gasteiger partial charge in [-0.15, -0.1) is 0 Å². The molecule has 0 spiro atoms. The van der Waals surface area contributed by atoms with Crippen molar-refractivity contribution in [3.63, 3.8) is 0 Å². The van der Waals surface area contributed by atoms with E-state index >= 15 is 0 Å². The van der Waals surface area contributed by atoms with E-state index in [-0.39, 0.29) is 57.6 Å². The normalized spacial score (nSPS) is 16.3. The minimum atomic E-state index is -1.96. The van der Waals surface area contributed by atoms with Crippen molar-refractivity contribution in [2.75, 3.05) is 19.7 Å². The highest BCUT2D eigenvalue weighted by Crippen LogP contribution is 2.21. The highest BCUT2D eigenvalue weighted by atomic mass is 16.4. The number of likely N-dealkylation sites (tertiary alicyclic amines) is 1. The third-order valence-corrected chi connectivity index (χ3v) is 16.5. The molecule has 1 aliphatic rings. The minimum Gasteiger partial charge on any atom is -0.481 e. The van der Waals surface area contributed by atoms with E-state index in [4.69, 9.17) is 17.2 Å². The number of aliphatic hydroxyl groups is 1. The average molecular weight is 1430 g/mol. The molecule has 1 saturated heterocycles. The third-order valence-electron chi connectivity index (χ3n) is 16.5. The van der Waals surface area contributed by atoms with Gasteiger partial charge in [0, 0.05) is 39.3 Å². The molecule has 0 bridgehead atoms. The monoisotopic (exact) mass is 1430 g/mol. The Hall–Kier alpha value is -10.8. The van der Waals surface area contributed by atoms with Gasteiger partial charge in [0.05, 0.1) is 13.0 Å². The molecule has 562 valence electrons. The number of hydrogen-bond acceptors (Lipinski definition) is 18. The van der Waals surface area contributed by atoms with Crippen LogP contribution in [0.1, 0.15) is 125 Å². The lowest BCUT2D eigenvalue weighted by atomic mass is 9.97. The van der Waals surface area contributed by atoms with E-state index in [9.17, 15) is 92.0 Å². The zero-order valence-corrected chi connectivity index (χ0v) is 58.6. The summed E-state index contributed by atoms with van der Waals surface area (Å²) in [5, 5.41) is 59.0. The van der Waals surface area contributed by atoms with Gasteiger partial charge >= 0.3 is 11.9 Å². The van der Waals surface area contributed by atoms with Crippen LogP contribution < -0.4 is 81.0 Å². The number of carbonyl (C=O) groups excluding carboxylic acids is 14. The van der Waals surface area contributed by atoms with Gasteiger partial charge in [0.1, 0.15) is 78.5 Å². The van der Waals surface area contributed by atoms with E-state index in [1.807, 2.05) is 0 Å². The quantitative estimate of drug-likeness (QED) is 0.0168. The van der Waals surface area contributed by atoms with Crippen LogP contribution in [0.5, 0.6) is 0 Å². The van der Waals surface area contributed by atoms with Crippen molar-refractivity contribution in [2.45, 2.75) is 205 Å². The van der Waals surface area contributed by atoms with Crippen molar-refractivity contribution in [1.29, 1.82) is 0 Å². The first-order chi connectivity index (χ1) is 48.0. The lowest BCUT2D eigenvalue weighted by molar-refractivity contribution is -0.142. The number of amides is 14. The molecule has 36 nitrogen and oxygen atoms in total. The van der Waals surface area contributed by atoms with E-state index in [0.29, 0.717) is 12.0 Å². The number of nitrogens with one attached hydrogen (secondary N) is 12. The second-order valence-corrected chi connectivity index (χ2v) is 25.2. The van der Waals surface area contributed by atoms with Crippen LogP contribution in [0.3, 0.4) is 0 Å². The van der Waals surface area contributed by atoms with Crippen molar-refractivity contribution in [3.05, 3.63) is 71.8 Å². The van der Waals surface area contributed by atoms with Gasteiger partial charge in [0.25, 0.3) is 0 Å². The first-order valence-corrected chi connectivity index (χ1v) is 33.4. The Bertz CT molecular complexity index is 3320. The van der Waals surface area contributed by atoms with Crippen molar-refractivity contribution in [3.8, 4) is 0 Å². The van der Waals surface area contributed by atoms with Crippen LogP contribution in [0.25, 0.3) is 0 Å². The SMILES string of the molecule is CC[C@H](C)[C@H](NC(=O)[C@H](CO)NC(=O)[C@H](C)NC(=O)[C@H](C)NC(=O)[C@H](Cc1ccccc1)NC(=O)[C@H](CCC(=O)O)NC(=O)[C@H](CC(=O)O)NC(=O)[C@H](C)NC(=O)[C@@H]1CCCN1C(=O)[C@H](Cc1ccccc1)NC(C)=O)C(=O)N[C@@H](CCCN=C(N)N)C(=O)N[C@@H](C)C(=O)N[C@H](C(N)=O)C(C)C. The number of aliphatic hydroxyl groups excluding tert-OH is 1. The molecule has 1 aliphatic heterocycles. The van der Waals surface area contributed by atoms with E-state index in [1.165, 1.54) is 39.5 Å². The summed E-state index contributed by atoms with van der Waals surface area (Å²) >= 11 is 0. The molecule has 21 N–H and O–H groups in total. The van der Waals surface area contributed by atoms with E-state index < -0.39 is 211 Å². The molecule has 1 fully saturated rings. The van der Waals surface area contributed by atoms with Crippen LogP contribution in [-0.4, -0.2) is 219 Å². The Kier molecular flexibility index (Phi) is 35.4. The number of carboxylic acids is 2. The Balaban J connectivity index is 1.76. The highest BCUT2D eigenvalue weighted by molar-refractivity contribution is 6.00. The molecular weight excluding hydrogens is 1330 g/mol. The van der Waals surface area contributed by atoms with E-state index in [2.05, 4.69) is 68.8 Å². The summed E-state index contributed by atoms with van der Waals surface area (Å²) in [6, 6.07) is -1.99. The van der Waals surface area contributed by atoms with Crippen molar-refractivity contribution in [2.24, 2.45) is 34.0 Å². The highest BCUT2D eigenvalue weighted by Gasteiger charge is 2.40.